The Bertz CT molecular complexity index is 736. The van der Waals surface area contributed by atoms with Gasteiger partial charge in [-0.1, -0.05) is 23.2 Å². The van der Waals surface area contributed by atoms with Crippen molar-refractivity contribution in [1.29, 1.82) is 0 Å². The van der Waals surface area contributed by atoms with Crippen molar-refractivity contribution in [1.82, 2.24) is 4.98 Å². The topological polar surface area (TPSA) is 68.3 Å². The van der Waals surface area contributed by atoms with Gasteiger partial charge in [-0.2, -0.15) is 0 Å². The van der Waals surface area contributed by atoms with E-state index in [0.29, 0.717) is 0 Å². The molecule has 1 amide bonds. The second-order valence-electron chi connectivity index (χ2n) is 4.12. The number of anilines is 1. The van der Waals surface area contributed by atoms with Crippen LogP contribution in [0.4, 0.5) is 10.1 Å². The molecule has 1 heterocycles. The Balaban J connectivity index is 2.19. The lowest BCUT2D eigenvalue weighted by atomic mass is 10.2. The third-order valence-corrected chi connectivity index (χ3v) is 3.39. The molecule has 0 atom stereocenters. The average molecular weight is 343 g/mol. The summed E-state index contributed by atoms with van der Waals surface area (Å²) >= 11 is 11.4. The van der Waals surface area contributed by atoms with Crippen molar-refractivity contribution >= 4 is 40.8 Å². The number of rotatable bonds is 3. The van der Waals surface area contributed by atoms with E-state index in [1.807, 2.05) is 0 Å². The van der Waals surface area contributed by atoms with Crippen molar-refractivity contribution in [3.63, 3.8) is 0 Å². The van der Waals surface area contributed by atoms with Gasteiger partial charge in [0.25, 0.3) is 5.91 Å². The fourth-order valence-electron chi connectivity index (χ4n) is 1.59. The predicted molar refractivity (Wildman–Crippen MR) is 79.9 cm³/mol. The van der Waals surface area contributed by atoms with Crippen LogP contribution in [0.15, 0.2) is 30.5 Å². The van der Waals surface area contributed by atoms with Crippen LogP contribution in [0.3, 0.4) is 0 Å². The van der Waals surface area contributed by atoms with Gasteiger partial charge in [-0.25, -0.2) is 14.2 Å². The minimum absolute atomic E-state index is 0.0137. The first kappa shape index (κ1) is 16.2. The smallest absolute Gasteiger partial charge is 0.356 e. The highest BCUT2D eigenvalue weighted by atomic mass is 35.5. The molecule has 1 aromatic heterocycles. The molecule has 0 bridgehead atoms. The second-order valence-corrected chi connectivity index (χ2v) is 4.94. The summed E-state index contributed by atoms with van der Waals surface area (Å²) in [4.78, 5) is 27.1. The van der Waals surface area contributed by atoms with Crippen molar-refractivity contribution in [2.75, 3.05) is 12.4 Å². The van der Waals surface area contributed by atoms with E-state index in [1.165, 1.54) is 25.4 Å². The summed E-state index contributed by atoms with van der Waals surface area (Å²) in [7, 11) is 1.23. The van der Waals surface area contributed by atoms with Gasteiger partial charge in [0.2, 0.25) is 0 Å². The predicted octanol–water partition coefficient (Wildman–Crippen LogP) is 3.57. The zero-order valence-corrected chi connectivity index (χ0v) is 12.7. The van der Waals surface area contributed by atoms with E-state index in [1.54, 1.807) is 0 Å². The number of aromatic nitrogens is 1. The molecule has 5 nitrogen and oxygen atoms in total. The molecular weight excluding hydrogens is 334 g/mol. The van der Waals surface area contributed by atoms with E-state index in [2.05, 4.69) is 15.0 Å². The highest BCUT2D eigenvalue weighted by Gasteiger charge is 2.15. The van der Waals surface area contributed by atoms with Crippen LogP contribution in [0.1, 0.15) is 20.8 Å². The Labute approximate surface area is 135 Å². The first-order valence-electron chi connectivity index (χ1n) is 5.92. The maximum Gasteiger partial charge on any atom is 0.356 e. The number of nitrogens with zero attached hydrogens (tertiary/aromatic N) is 1. The van der Waals surface area contributed by atoms with Crippen LogP contribution in [-0.2, 0) is 4.74 Å². The van der Waals surface area contributed by atoms with E-state index in [0.717, 1.165) is 12.1 Å². The molecular formula is C14H9Cl2FN2O3. The Morgan fingerprint density at radius 1 is 1.23 bits per heavy atom. The molecule has 0 aliphatic heterocycles. The van der Waals surface area contributed by atoms with Crippen LogP contribution >= 0.6 is 23.2 Å². The number of benzene rings is 1. The van der Waals surface area contributed by atoms with Crippen molar-refractivity contribution in [3.8, 4) is 0 Å². The molecule has 8 heteroatoms. The van der Waals surface area contributed by atoms with Gasteiger partial charge in [0.1, 0.15) is 11.5 Å². The molecule has 1 aromatic carbocycles. The number of carbonyl (C=O) groups is 2. The lowest BCUT2D eigenvalue weighted by molar-refractivity contribution is 0.0594. The highest BCUT2D eigenvalue weighted by Crippen LogP contribution is 2.25. The van der Waals surface area contributed by atoms with Crippen molar-refractivity contribution < 1.29 is 18.7 Å². The first-order valence-corrected chi connectivity index (χ1v) is 6.68. The summed E-state index contributed by atoms with van der Waals surface area (Å²) in [5.74, 6) is -2.12. The molecule has 0 saturated carbocycles. The molecule has 0 unspecified atom stereocenters. The Morgan fingerprint density at radius 3 is 2.50 bits per heavy atom. The van der Waals surface area contributed by atoms with Gasteiger partial charge in [-0.3, -0.25) is 4.79 Å². The lowest BCUT2D eigenvalue weighted by Crippen LogP contribution is -2.14. The van der Waals surface area contributed by atoms with E-state index in [4.69, 9.17) is 23.2 Å². The summed E-state index contributed by atoms with van der Waals surface area (Å²) in [5.41, 5.74) is 0.107. The normalized spacial score (nSPS) is 10.2. The monoisotopic (exact) mass is 342 g/mol. The average Bonchev–Trinajstić information content (AvgIpc) is 2.50. The summed E-state index contributed by atoms with van der Waals surface area (Å²) < 4.78 is 18.2. The molecule has 1 N–H and O–H groups in total. The third-order valence-electron chi connectivity index (χ3n) is 2.67. The number of carbonyl (C=O) groups excluding carboxylic acids is 2. The largest absolute Gasteiger partial charge is 0.464 e. The number of esters is 1. The number of halogens is 3. The summed E-state index contributed by atoms with van der Waals surface area (Å²) in [6.07, 6.45) is 1.25. The zero-order chi connectivity index (χ0) is 16.3. The Morgan fingerprint density at radius 2 is 1.91 bits per heavy atom. The molecule has 2 aromatic rings. The molecule has 114 valence electrons. The van der Waals surface area contributed by atoms with Crippen LogP contribution in [0, 0.1) is 5.82 Å². The first-order chi connectivity index (χ1) is 10.4. The van der Waals surface area contributed by atoms with Crippen LogP contribution in [0.2, 0.25) is 10.0 Å². The molecule has 22 heavy (non-hydrogen) atoms. The van der Waals surface area contributed by atoms with Crippen LogP contribution in [0.5, 0.6) is 0 Å². The van der Waals surface area contributed by atoms with Gasteiger partial charge in [0.05, 0.1) is 34.6 Å². The minimum atomic E-state index is -0.800. The van der Waals surface area contributed by atoms with Crippen LogP contribution in [-0.4, -0.2) is 24.0 Å². The second kappa shape index (κ2) is 6.72. The number of hydrogen-bond donors (Lipinski definition) is 1. The summed E-state index contributed by atoms with van der Waals surface area (Å²) in [6, 6.07) is 4.89. The fraction of sp³-hybridized carbons (Fsp3) is 0.0714. The highest BCUT2D eigenvalue weighted by molar-refractivity contribution is 6.42. The number of methoxy groups -OCH3 is 1. The fourth-order valence-corrected chi connectivity index (χ4v) is 1.90. The van der Waals surface area contributed by atoms with Crippen molar-refractivity contribution in [3.05, 3.63) is 57.6 Å². The molecule has 0 radical (unpaired) electrons. The van der Waals surface area contributed by atoms with Crippen molar-refractivity contribution in [2.24, 2.45) is 0 Å². The molecule has 0 saturated heterocycles. The Hall–Kier alpha value is -2.18. The van der Waals surface area contributed by atoms with Gasteiger partial charge in [0.15, 0.2) is 0 Å². The molecule has 0 aliphatic carbocycles. The van der Waals surface area contributed by atoms with Crippen LogP contribution in [0.25, 0.3) is 0 Å². The number of amides is 1. The minimum Gasteiger partial charge on any atom is -0.464 e. The Kier molecular flexibility index (Phi) is 4.95. The van der Waals surface area contributed by atoms with E-state index < -0.39 is 17.7 Å². The molecule has 0 fully saturated rings. The van der Waals surface area contributed by atoms with E-state index >= 15 is 0 Å². The molecule has 0 aliphatic rings. The molecule has 2 rings (SSSR count). The maximum atomic E-state index is 13.7. The SMILES string of the molecule is COC(=O)c1ccc(NC(=O)c2cc(Cl)c(Cl)cc2F)cn1. The molecule has 0 spiro atoms. The van der Waals surface area contributed by atoms with Gasteiger partial charge >= 0.3 is 5.97 Å². The summed E-state index contributed by atoms with van der Waals surface area (Å²) in [6.45, 7) is 0. The van der Waals surface area contributed by atoms with Gasteiger partial charge in [-0.15, -0.1) is 0 Å². The maximum absolute atomic E-state index is 13.7. The van der Waals surface area contributed by atoms with Crippen LogP contribution < -0.4 is 5.32 Å². The van der Waals surface area contributed by atoms with Gasteiger partial charge in [-0.05, 0) is 24.3 Å². The lowest BCUT2D eigenvalue weighted by Gasteiger charge is -2.07. The number of pyridine rings is 1. The summed E-state index contributed by atoms with van der Waals surface area (Å²) in [5, 5.41) is 2.51. The standard InChI is InChI=1S/C14H9Cl2FN2O3/c1-22-14(21)12-3-2-7(6-18-12)19-13(20)8-4-9(15)10(16)5-11(8)17/h2-6H,1H3,(H,19,20). The van der Waals surface area contributed by atoms with Crippen molar-refractivity contribution in [2.45, 2.75) is 0 Å². The third kappa shape index (κ3) is 3.52. The van der Waals surface area contributed by atoms with Gasteiger partial charge < -0.3 is 10.1 Å². The van der Waals surface area contributed by atoms with Gasteiger partial charge in [0, 0.05) is 0 Å². The number of nitrogens with one attached hydrogen (secondary N) is 1. The number of hydrogen-bond acceptors (Lipinski definition) is 4. The zero-order valence-electron chi connectivity index (χ0n) is 11.2. The quantitative estimate of drug-likeness (QED) is 0.683. The number of ether oxygens (including phenoxy) is 1. The van der Waals surface area contributed by atoms with E-state index in [-0.39, 0.29) is 27.0 Å². The van der Waals surface area contributed by atoms with E-state index in [9.17, 15) is 14.0 Å².